The molecule has 0 radical (unpaired) electrons. The van der Waals surface area contributed by atoms with Crippen LogP contribution in [0.2, 0.25) is 0 Å². The number of thiophene rings is 1. The molecule has 90 valence electrons. The Morgan fingerprint density at radius 2 is 2.12 bits per heavy atom. The van der Waals surface area contributed by atoms with E-state index in [-0.39, 0.29) is 0 Å². The van der Waals surface area contributed by atoms with Crippen molar-refractivity contribution in [1.82, 2.24) is 0 Å². The average Bonchev–Trinajstić information content (AvgIpc) is 2.79. The van der Waals surface area contributed by atoms with Gasteiger partial charge in [-0.05, 0) is 29.7 Å². The summed E-state index contributed by atoms with van der Waals surface area (Å²) in [5.41, 5.74) is 0. The molecular formula is C12H12O4S. The zero-order valence-corrected chi connectivity index (χ0v) is 10.3. The number of rotatable bonds is 3. The van der Waals surface area contributed by atoms with Crippen LogP contribution in [0.5, 0.6) is 5.75 Å². The van der Waals surface area contributed by atoms with Crippen LogP contribution in [0.25, 0.3) is 10.1 Å². The third kappa shape index (κ3) is 2.25. The number of carbonyl (C=O) groups excluding carboxylic acids is 1. The minimum atomic E-state index is -1.22. The largest absolute Gasteiger partial charge is 0.497 e. The summed E-state index contributed by atoms with van der Waals surface area (Å²) in [6, 6.07) is 7.36. The Hall–Kier alpha value is -1.59. The van der Waals surface area contributed by atoms with Gasteiger partial charge in [0, 0.05) is 9.58 Å². The average molecular weight is 252 g/mol. The summed E-state index contributed by atoms with van der Waals surface area (Å²) < 4.78 is 10.6. The molecule has 0 saturated carbocycles. The van der Waals surface area contributed by atoms with E-state index < -0.39 is 12.1 Å². The summed E-state index contributed by atoms with van der Waals surface area (Å²) in [7, 11) is 2.85. The Morgan fingerprint density at radius 1 is 1.35 bits per heavy atom. The lowest BCUT2D eigenvalue weighted by molar-refractivity contribution is -0.150. The van der Waals surface area contributed by atoms with E-state index >= 15 is 0 Å². The second-order valence-electron chi connectivity index (χ2n) is 3.48. The molecule has 5 heteroatoms. The molecule has 1 N–H and O–H groups in total. The number of ether oxygens (including phenoxy) is 2. The van der Waals surface area contributed by atoms with Gasteiger partial charge in [0.1, 0.15) is 5.75 Å². The molecule has 2 aromatic rings. The highest BCUT2D eigenvalue weighted by Gasteiger charge is 2.20. The molecule has 0 aliphatic heterocycles. The van der Waals surface area contributed by atoms with Gasteiger partial charge in [-0.25, -0.2) is 4.79 Å². The van der Waals surface area contributed by atoms with Gasteiger partial charge in [-0.15, -0.1) is 11.3 Å². The van der Waals surface area contributed by atoms with Crippen molar-refractivity contribution in [1.29, 1.82) is 0 Å². The van der Waals surface area contributed by atoms with Crippen LogP contribution in [0.4, 0.5) is 0 Å². The number of esters is 1. The third-order valence-electron chi connectivity index (χ3n) is 2.44. The van der Waals surface area contributed by atoms with Gasteiger partial charge in [0.15, 0.2) is 6.10 Å². The zero-order valence-electron chi connectivity index (χ0n) is 9.47. The van der Waals surface area contributed by atoms with Crippen LogP contribution in [0.3, 0.4) is 0 Å². The summed E-state index contributed by atoms with van der Waals surface area (Å²) in [6.45, 7) is 0. The maximum atomic E-state index is 11.2. The number of methoxy groups -OCH3 is 2. The molecule has 1 aromatic heterocycles. The fourth-order valence-corrected chi connectivity index (χ4v) is 2.55. The van der Waals surface area contributed by atoms with Gasteiger partial charge in [-0.1, -0.05) is 0 Å². The molecule has 1 unspecified atom stereocenters. The summed E-state index contributed by atoms with van der Waals surface area (Å²) >= 11 is 1.36. The van der Waals surface area contributed by atoms with Crippen LogP contribution < -0.4 is 4.74 Å². The predicted octanol–water partition coefficient (Wildman–Crippen LogP) is 2.12. The van der Waals surface area contributed by atoms with Crippen molar-refractivity contribution in [3.8, 4) is 5.75 Å². The first-order valence-corrected chi connectivity index (χ1v) is 5.80. The summed E-state index contributed by atoms with van der Waals surface area (Å²) in [5.74, 6) is 0.0953. The molecule has 0 amide bonds. The quantitative estimate of drug-likeness (QED) is 0.850. The van der Waals surface area contributed by atoms with Crippen molar-refractivity contribution < 1.29 is 19.4 Å². The van der Waals surface area contributed by atoms with Crippen molar-refractivity contribution in [2.45, 2.75) is 6.10 Å². The maximum absolute atomic E-state index is 11.2. The van der Waals surface area contributed by atoms with E-state index in [2.05, 4.69) is 4.74 Å². The topological polar surface area (TPSA) is 55.8 Å². The Balaban J connectivity index is 2.40. The Kier molecular flexibility index (Phi) is 3.31. The van der Waals surface area contributed by atoms with E-state index in [4.69, 9.17) is 4.74 Å². The summed E-state index contributed by atoms with van der Waals surface area (Å²) in [6.07, 6.45) is -1.22. The molecule has 1 atom stereocenters. The monoisotopic (exact) mass is 252 g/mol. The lowest BCUT2D eigenvalue weighted by atomic mass is 10.2. The molecule has 0 aliphatic rings. The van der Waals surface area contributed by atoms with Crippen LogP contribution in [0.1, 0.15) is 11.0 Å². The van der Waals surface area contributed by atoms with E-state index in [1.54, 1.807) is 13.2 Å². The first-order chi connectivity index (χ1) is 8.15. The third-order valence-corrected chi connectivity index (χ3v) is 3.60. The summed E-state index contributed by atoms with van der Waals surface area (Å²) in [5, 5.41) is 10.7. The molecule has 2 rings (SSSR count). The Labute approximate surface area is 102 Å². The smallest absolute Gasteiger partial charge is 0.340 e. The van der Waals surface area contributed by atoms with Gasteiger partial charge in [-0.3, -0.25) is 0 Å². The lowest BCUT2D eigenvalue weighted by Gasteiger charge is -2.04. The van der Waals surface area contributed by atoms with Gasteiger partial charge in [-0.2, -0.15) is 0 Å². The fraction of sp³-hybridized carbons (Fsp3) is 0.250. The minimum absolute atomic E-state index is 0.570. The van der Waals surface area contributed by atoms with Gasteiger partial charge >= 0.3 is 5.97 Å². The summed E-state index contributed by atoms with van der Waals surface area (Å²) in [4.78, 5) is 11.8. The van der Waals surface area contributed by atoms with E-state index in [1.165, 1.54) is 18.4 Å². The van der Waals surface area contributed by atoms with Crippen LogP contribution >= 0.6 is 11.3 Å². The molecule has 1 aromatic carbocycles. The highest BCUT2D eigenvalue weighted by Crippen LogP contribution is 2.32. The highest BCUT2D eigenvalue weighted by atomic mass is 32.1. The first-order valence-electron chi connectivity index (χ1n) is 4.99. The predicted molar refractivity (Wildman–Crippen MR) is 65.4 cm³/mol. The molecule has 0 spiro atoms. The van der Waals surface area contributed by atoms with Crippen LogP contribution in [0, 0.1) is 0 Å². The van der Waals surface area contributed by atoms with Crippen LogP contribution in [0.15, 0.2) is 24.3 Å². The SMILES string of the molecule is COC(=O)C(O)c1cc2cc(OC)ccc2s1. The second-order valence-corrected chi connectivity index (χ2v) is 4.59. The van der Waals surface area contributed by atoms with Crippen molar-refractivity contribution in [2.24, 2.45) is 0 Å². The van der Waals surface area contributed by atoms with E-state index in [1.807, 2.05) is 18.2 Å². The standard InChI is InChI=1S/C12H12O4S/c1-15-8-3-4-9-7(5-8)6-10(17-9)11(13)12(14)16-2/h3-6,11,13H,1-2H3. The molecule has 4 nitrogen and oxygen atoms in total. The molecule has 17 heavy (non-hydrogen) atoms. The van der Waals surface area contributed by atoms with Gasteiger partial charge in [0.2, 0.25) is 0 Å². The molecule has 1 heterocycles. The minimum Gasteiger partial charge on any atom is -0.497 e. The normalized spacial score (nSPS) is 12.4. The van der Waals surface area contributed by atoms with Gasteiger partial charge in [0.05, 0.1) is 14.2 Å². The van der Waals surface area contributed by atoms with Crippen molar-refractivity contribution >= 4 is 27.4 Å². The second kappa shape index (κ2) is 4.73. The number of fused-ring (bicyclic) bond motifs is 1. The molecule has 0 fully saturated rings. The van der Waals surface area contributed by atoms with E-state index in [0.29, 0.717) is 4.88 Å². The number of aliphatic hydroxyl groups excluding tert-OH is 1. The Bertz CT molecular complexity index is 546. The first kappa shape index (κ1) is 11.9. The van der Waals surface area contributed by atoms with Crippen LogP contribution in [-0.2, 0) is 9.53 Å². The molecular weight excluding hydrogens is 240 g/mol. The molecule has 0 bridgehead atoms. The van der Waals surface area contributed by atoms with E-state index in [0.717, 1.165) is 15.8 Å². The number of carbonyl (C=O) groups is 1. The van der Waals surface area contributed by atoms with Crippen LogP contribution in [-0.4, -0.2) is 25.3 Å². The highest BCUT2D eigenvalue weighted by molar-refractivity contribution is 7.19. The Morgan fingerprint density at radius 3 is 2.76 bits per heavy atom. The fourth-order valence-electron chi connectivity index (χ4n) is 1.53. The maximum Gasteiger partial charge on any atom is 0.340 e. The molecule has 0 saturated heterocycles. The van der Waals surface area contributed by atoms with Crippen molar-refractivity contribution in [2.75, 3.05) is 14.2 Å². The van der Waals surface area contributed by atoms with Crippen molar-refractivity contribution in [3.05, 3.63) is 29.1 Å². The van der Waals surface area contributed by atoms with Gasteiger partial charge < -0.3 is 14.6 Å². The van der Waals surface area contributed by atoms with Gasteiger partial charge in [0.25, 0.3) is 0 Å². The number of benzene rings is 1. The number of hydrogen-bond donors (Lipinski definition) is 1. The van der Waals surface area contributed by atoms with Crippen molar-refractivity contribution in [3.63, 3.8) is 0 Å². The lowest BCUT2D eigenvalue weighted by Crippen LogP contribution is -2.11. The molecule has 0 aliphatic carbocycles. The van der Waals surface area contributed by atoms with E-state index in [9.17, 15) is 9.90 Å². The number of hydrogen-bond acceptors (Lipinski definition) is 5. The zero-order chi connectivity index (χ0) is 12.4. The number of aliphatic hydroxyl groups is 1.